The average Bonchev–Trinajstić information content (AvgIpc) is 3.69. The molecular formula is C47H66HfSi4. The maximum absolute atomic E-state index is 4.01. The molecule has 274 valence electrons. The summed E-state index contributed by atoms with van der Waals surface area (Å²) in [5.41, 5.74) is 11.8. The van der Waals surface area contributed by atoms with Gasteiger partial charge in [-0.1, -0.05) is 0 Å². The van der Waals surface area contributed by atoms with Gasteiger partial charge in [0.25, 0.3) is 0 Å². The summed E-state index contributed by atoms with van der Waals surface area (Å²) in [5.74, 6) is 0. The van der Waals surface area contributed by atoms with Gasteiger partial charge in [-0.3, -0.25) is 0 Å². The fraction of sp³-hybridized carbons (Fsp3) is 0.383. The van der Waals surface area contributed by atoms with Crippen molar-refractivity contribution in [3.05, 3.63) is 107 Å². The van der Waals surface area contributed by atoms with E-state index in [1.165, 1.54) is 33.4 Å². The molecule has 0 nitrogen and oxygen atoms in total. The zero-order valence-corrected chi connectivity index (χ0v) is 43.0. The molecule has 0 spiro atoms. The summed E-state index contributed by atoms with van der Waals surface area (Å²) in [6.07, 6.45) is 10.3. The molecule has 0 saturated carbocycles. The van der Waals surface area contributed by atoms with Gasteiger partial charge in [0.1, 0.15) is 0 Å². The van der Waals surface area contributed by atoms with Gasteiger partial charge in [-0.25, -0.2) is 0 Å². The Balaban J connectivity index is 1.50. The maximum atomic E-state index is 2.78. The molecule has 0 radical (unpaired) electrons. The molecule has 6 rings (SSSR count). The molecule has 2 unspecified atom stereocenters. The van der Waals surface area contributed by atoms with Gasteiger partial charge < -0.3 is 0 Å². The van der Waals surface area contributed by atoms with Crippen molar-refractivity contribution in [3.63, 3.8) is 0 Å². The molecule has 4 aromatic rings. The van der Waals surface area contributed by atoms with Crippen LogP contribution < -0.4 is 20.7 Å². The minimum atomic E-state index is -4.01. The van der Waals surface area contributed by atoms with E-state index >= 15 is 0 Å². The first-order valence-electron chi connectivity index (χ1n) is 19.8. The van der Waals surface area contributed by atoms with Crippen molar-refractivity contribution in [2.75, 3.05) is 0 Å². The Bertz CT molecular complexity index is 2000. The Labute approximate surface area is 322 Å². The molecule has 2 aliphatic carbocycles. The van der Waals surface area contributed by atoms with Crippen molar-refractivity contribution in [1.82, 2.24) is 0 Å². The van der Waals surface area contributed by atoms with Crippen molar-refractivity contribution in [2.24, 2.45) is 0 Å². The topological polar surface area (TPSA) is 0 Å². The number of allylic oxidation sites excluding steroid dienone is 2. The Morgan fingerprint density at radius 3 is 1.04 bits per heavy atom. The van der Waals surface area contributed by atoms with E-state index in [1.807, 2.05) is 0 Å². The summed E-state index contributed by atoms with van der Waals surface area (Å²) < 4.78 is 8.19. The number of fused-ring (bicyclic) bond motifs is 2. The van der Waals surface area contributed by atoms with Crippen LogP contribution in [0.25, 0.3) is 34.4 Å². The third-order valence-electron chi connectivity index (χ3n) is 13.3. The van der Waals surface area contributed by atoms with Crippen LogP contribution >= 0.6 is 0 Å². The first-order chi connectivity index (χ1) is 23.8. The molecule has 0 fully saturated rings. The molecule has 5 heteroatoms. The first kappa shape index (κ1) is 39.7. The first-order valence-corrected chi connectivity index (χ1v) is 46.9. The van der Waals surface area contributed by atoms with Crippen molar-refractivity contribution in [2.45, 2.75) is 109 Å². The fourth-order valence-corrected chi connectivity index (χ4v) is 33.3. The van der Waals surface area contributed by atoms with Gasteiger partial charge in [-0.15, -0.1) is 0 Å². The second kappa shape index (κ2) is 13.0. The predicted octanol–water partition coefficient (Wildman–Crippen LogP) is 12.0. The van der Waals surface area contributed by atoms with E-state index in [0.29, 0.717) is 7.35 Å². The Kier molecular flexibility index (Phi) is 9.94. The van der Waals surface area contributed by atoms with E-state index in [1.54, 1.807) is 35.1 Å². The molecule has 0 saturated heterocycles. The van der Waals surface area contributed by atoms with Gasteiger partial charge in [0, 0.05) is 0 Å². The van der Waals surface area contributed by atoms with Crippen LogP contribution in [0.3, 0.4) is 0 Å². The van der Waals surface area contributed by atoms with Gasteiger partial charge >= 0.3 is 325 Å². The number of hydrogen-bond acceptors (Lipinski definition) is 0. The summed E-state index contributed by atoms with van der Waals surface area (Å²) in [5, 5.41) is 6.35. The summed E-state index contributed by atoms with van der Waals surface area (Å²) >= 11 is -4.01. The Morgan fingerprint density at radius 1 is 0.462 bits per heavy atom. The van der Waals surface area contributed by atoms with E-state index in [-0.39, 0.29) is 0 Å². The second-order valence-electron chi connectivity index (χ2n) is 21.5. The van der Waals surface area contributed by atoms with Crippen molar-refractivity contribution in [3.8, 4) is 22.3 Å². The van der Waals surface area contributed by atoms with E-state index in [0.717, 1.165) is 0 Å². The summed E-state index contributed by atoms with van der Waals surface area (Å²) in [6, 6.07) is 29.8. The van der Waals surface area contributed by atoms with E-state index in [2.05, 4.69) is 199 Å². The summed E-state index contributed by atoms with van der Waals surface area (Å²) in [7, 11) is -6.01. The van der Waals surface area contributed by atoms with Gasteiger partial charge in [0.05, 0.1) is 0 Å². The molecule has 0 aromatic heterocycles. The number of hydrogen-bond donors (Lipinski definition) is 0. The van der Waals surface area contributed by atoms with E-state index in [4.69, 9.17) is 0 Å². The van der Waals surface area contributed by atoms with Gasteiger partial charge in [0.2, 0.25) is 0 Å². The van der Waals surface area contributed by atoms with Crippen LogP contribution in [-0.2, 0) is 18.0 Å². The molecule has 0 aliphatic heterocycles. The minimum absolute atomic E-state index is 0.464. The molecule has 0 heterocycles. The van der Waals surface area contributed by atoms with Gasteiger partial charge in [-0.2, -0.15) is 0 Å². The Morgan fingerprint density at radius 2 is 0.769 bits per heavy atom. The van der Waals surface area contributed by atoms with Crippen molar-refractivity contribution >= 4 is 68.4 Å². The Hall–Kier alpha value is -2.03. The van der Waals surface area contributed by atoms with Crippen LogP contribution in [0.1, 0.15) is 43.5 Å². The monoisotopic (exact) mass is 922 g/mol. The summed E-state index contributed by atoms with van der Waals surface area (Å²) in [6.45, 7) is 35.0. The molecule has 0 amide bonds. The molecule has 2 aliphatic rings. The van der Waals surface area contributed by atoms with Crippen molar-refractivity contribution in [1.29, 1.82) is 0 Å². The molecule has 2 atom stereocenters. The number of benzene rings is 4. The van der Waals surface area contributed by atoms with Crippen LogP contribution in [0.15, 0.2) is 84.9 Å². The van der Waals surface area contributed by atoms with E-state index < -0.39 is 50.3 Å². The van der Waals surface area contributed by atoms with Gasteiger partial charge in [-0.05, 0) is 0 Å². The van der Waals surface area contributed by atoms with Crippen LogP contribution in [0.4, 0.5) is 0 Å². The number of rotatable bonds is 8. The molecule has 52 heavy (non-hydrogen) atoms. The zero-order valence-electron chi connectivity index (χ0n) is 35.4. The standard InChI is InChI=1S/2C21H27Si2.C3H6.2CH3.Hf/c2*1-22(2,3)18-13-17(14-19(15-18)23(4,5)6)21-12-8-10-16-9-7-11-20(16)21;1-3-2;;;/h2*7-15H,1-6H3;1-2H3;2*1H3;. The third-order valence-corrected chi connectivity index (χ3v) is 50.1. The van der Waals surface area contributed by atoms with E-state index in [9.17, 15) is 0 Å². The van der Waals surface area contributed by atoms with Crippen molar-refractivity contribution < 1.29 is 18.0 Å². The molecule has 0 bridgehead atoms. The molecular weight excluding hydrogens is 855 g/mol. The molecule has 0 N–H and O–H groups in total. The normalized spacial score (nSPS) is 17.8. The summed E-state index contributed by atoms with van der Waals surface area (Å²) in [4.78, 5) is 0. The quantitative estimate of drug-likeness (QED) is 0.155. The van der Waals surface area contributed by atoms with Crippen LogP contribution in [0.5, 0.6) is 0 Å². The SMILES string of the molecule is C[C](C)=[Hf]([CH3])([CH3])([CH]1C=Cc2c(-c3cc([Si](C)(C)C)cc([Si](C)(C)C)c3)cccc21)[CH]1C=Cc2c(-c3cc([Si](C)(C)C)cc([Si](C)(C)C)c3)cccc21. The van der Waals surface area contributed by atoms with Crippen LogP contribution in [0, 0.1) is 0 Å². The average molecular weight is 922 g/mol. The predicted molar refractivity (Wildman–Crippen MR) is 247 cm³/mol. The van der Waals surface area contributed by atoms with Gasteiger partial charge in [0.15, 0.2) is 0 Å². The second-order valence-corrected chi connectivity index (χ2v) is 68.6. The fourth-order valence-electron chi connectivity index (χ4n) is 8.84. The van der Waals surface area contributed by atoms with Crippen LogP contribution in [-0.4, -0.2) is 35.6 Å². The zero-order chi connectivity index (χ0) is 38.4. The van der Waals surface area contributed by atoms with Crippen LogP contribution in [0.2, 0.25) is 87.9 Å². The molecule has 4 aromatic carbocycles. The third kappa shape index (κ3) is 6.89.